The zero-order valence-corrected chi connectivity index (χ0v) is 18.8. The molecule has 0 spiro atoms. The second kappa shape index (κ2) is 11.1. The molecule has 5 N–H and O–H groups in total. The van der Waals surface area contributed by atoms with Crippen LogP contribution >= 0.6 is 0 Å². The van der Waals surface area contributed by atoms with Gasteiger partial charge in [-0.25, -0.2) is 4.98 Å². The fraction of sp³-hybridized carbons (Fsp3) is 0.739. The summed E-state index contributed by atoms with van der Waals surface area (Å²) in [7, 11) is 1.76. The molecule has 3 unspecified atom stereocenters. The van der Waals surface area contributed by atoms with Crippen LogP contribution in [0.1, 0.15) is 80.4 Å². The van der Waals surface area contributed by atoms with E-state index < -0.39 is 6.17 Å². The number of rotatable bonds is 10. The van der Waals surface area contributed by atoms with Gasteiger partial charge < -0.3 is 26.4 Å². The van der Waals surface area contributed by atoms with Crippen LogP contribution in [0.4, 0.5) is 5.82 Å². The van der Waals surface area contributed by atoms with E-state index in [0.717, 1.165) is 31.4 Å². The number of hydrogen-bond donors (Lipinski definition) is 4. The minimum absolute atomic E-state index is 0.00340. The summed E-state index contributed by atoms with van der Waals surface area (Å²) in [5.41, 5.74) is 8.61. The van der Waals surface area contributed by atoms with Crippen molar-refractivity contribution in [2.75, 3.05) is 19.0 Å². The molecule has 0 aliphatic heterocycles. The van der Waals surface area contributed by atoms with Gasteiger partial charge in [-0.1, -0.05) is 26.2 Å². The van der Waals surface area contributed by atoms with E-state index in [0.29, 0.717) is 24.0 Å². The van der Waals surface area contributed by atoms with Gasteiger partial charge in [0.25, 0.3) is 5.91 Å². The summed E-state index contributed by atoms with van der Waals surface area (Å²) in [4.78, 5) is 17.5. The fourth-order valence-electron chi connectivity index (χ4n) is 4.71. The molecule has 3 atom stereocenters. The number of methoxy groups -OCH3 is 1. The molecule has 2 aliphatic rings. The molecule has 1 amide bonds. The molecule has 1 heterocycles. The van der Waals surface area contributed by atoms with Gasteiger partial charge in [-0.05, 0) is 57.1 Å². The SMILES string of the molecule is CCC(NC1CCCCC1)C(CNc1nc2c(cc1C(=O)NC(C)N)CCC2)OC. The molecule has 0 radical (unpaired) electrons. The molecule has 1 saturated carbocycles. The van der Waals surface area contributed by atoms with Crippen LogP contribution in [0.5, 0.6) is 0 Å². The van der Waals surface area contributed by atoms with Crippen molar-refractivity contribution in [3.63, 3.8) is 0 Å². The Morgan fingerprint density at radius 1 is 1.27 bits per heavy atom. The van der Waals surface area contributed by atoms with Gasteiger partial charge in [-0.2, -0.15) is 0 Å². The van der Waals surface area contributed by atoms with E-state index in [2.05, 4.69) is 22.9 Å². The van der Waals surface area contributed by atoms with Gasteiger partial charge in [0.05, 0.1) is 17.8 Å². The Morgan fingerprint density at radius 2 is 2.03 bits per heavy atom. The van der Waals surface area contributed by atoms with Crippen molar-refractivity contribution in [1.29, 1.82) is 0 Å². The summed E-state index contributed by atoms with van der Waals surface area (Å²) >= 11 is 0. The molecule has 0 aromatic carbocycles. The Balaban J connectivity index is 1.71. The van der Waals surface area contributed by atoms with E-state index >= 15 is 0 Å². The van der Waals surface area contributed by atoms with Gasteiger partial charge in [0, 0.05) is 31.4 Å². The first-order valence-corrected chi connectivity index (χ1v) is 11.6. The predicted octanol–water partition coefficient (Wildman–Crippen LogP) is 2.73. The van der Waals surface area contributed by atoms with E-state index in [9.17, 15) is 4.79 Å². The highest BCUT2D eigenvalue weighted by molar-refractivity contribution is 5.99. The van der Waals surface area contributed by atoms with Gasteiger partial charge in [0.15, 0.2) is 0 Å². The molecular weight excluding hydrogens is 378 g/mol. The maximum absolute atomic E-state index is 12.7. The van der Waals surface area contributed by atoms with Crippen LogP contribution in [0.3, 0.4) is 0 Å². The van der Waals surface area contributed by atoms with Crippen molar-refractivity contribution >= 4 is 11.7 Å². The minimum atomic E-state index is -0.408. The average Bonchev–Trinajstić information content (AvgIpc) is 3.20. The Bertz CT molecular complexity index is 703. The molecule has 1 aromatic rings. The van der Waals surface area contributed by atoms with Crippen LogP contribution in [-0.2, 0) is 17.6 Å². The van der Waals surface area contributed by atoms with Crippen molar-refractivity contribution < 1.29 is 9.53 Å². The number of nitrogens with two attached hydrogens (primary N) is 1. The second-order valence-electron chi connectivity index (χ2n) is 8.78. The highest BCUT2D eigenvalue weighted by atomic mass is 16.5. The van der Waals surface area contributed by atoms with E-state index in [1.165, 1.54) is 37.7 Å². The molecule has 0 saturated heterocycles. The molecule has 1 aromatic heterocycles. The van der Waals surface area contributed by atoms with Gasteiger partial charge in [0.1, 0.15) is 5.82 Å². The number of nitrogens with one attached hydrogen (secondary N) is 3. The molecule has 30 heavy (non-hydrogen) atoms. The lowest BCUT2D eigenvalue weighted by atomic mass is 9.94. The molecule has 0 bridgehead atoms. The van der Waals surface area contributed by atoms with E-state index in [4.69, 9.17) is 15.5 Å². The number of fused-ring (bicyclic) bond motifs is 1. The van der Waals surface area contributed by atoms with Crippen molar-refractivity contribution in [2.24, 2.45) is 5.73 Å². The smallest absolute Gasteiger partial charge is 0.256 e. The Morgan fingerprint density at radius 3 is 2.70 bits per heavy atom. The zero-order valence-electron chi connectivity index (χ0n) is 18.8. The van der Waals surface area contributed by atoms with Gasteiger partial charge in [0.2, 0.25) is 0 Å². The lowest BCUT2D eigenvalue weighted by Gasteiger charge is -2.32. The third-order valence-corrected chi connectivity index (χ3v) is 6.37. The van der Waals surface area contributed by atoms with Gasteiger partial charge in [-0.3, -0.25) is 4.79 Å². The first-order chi connectivity index (χ1) is 14.5. The lowest BCUT2D eigenvalue weighted by molar-refractivity contribution is 0.0698. The molecule has 7 nitrogen and oxygen atoms in total. The van der Waals surface area contributed by atoms with Crippen LogP contribution in [0, 0.1) is 0 Å². The van der Waals surface area contributed by atoms with Gasteiger partial charge in [-0.15, -0.1) is 0 Å². The maximum atomic E-state index is 12.7. The Hall–Kier alpha value is -1.70. The number of ether oxygens (including phenoxy) is 1. The second-order valence-corrected chi connectivity index (χ2v) is 8.78. The third kappa shape index (κ3) is 5.93. The summed E-state index contributed by atoms with van der Waals surface area (Å²) in [6.45, 7) is 4.55. The first kappa shape index (κ1) is 23.0. The number of carbonyl (C=O) groups excluding carboxylic acids is 1. The minimum Gasteiger partial charge on any atom is -0.378 e. The number of aromatic nitrogens is 1. The summed E-state index contributed by atoms with van der Waals surface area (Å²) in [6, 6.07) is 2.82. The summed E-state index contributed by atoms with van der Waals surface area (Å²) in [5.74, 6) is 0.444. The largest absolute Gasteiger partial charge is 0.378 e. The quantitative estimate of drug-likeness (QED) is 0.437. The summed E-state index contributed by atoms with van der Waals surface area (Å²) in [6.07, 6.45) is 10.1. The van der Waals surface area contributed by atoms with E-state index in [-0.39, 0.29) is 18.1 Å². The van der Waals surface area contributed by atoms with E-state index in [1.54, 1.807) is 14.0 Å². The number of amides is 1. The van der Waals surface area contributed by atoms with Crippen molar-refractivity contribution in [3.05, 3.63) is 22.9 Å². The maximum Gasteiger partial charge on any atom is 0.256 e. The number of carbonyl (C=O) groups is 1. The number of nitrogens with zero attached hydrogens (tertiary/aromatic N) is 1. The molecular formula is C23H39N5O2. The third-order valence-electron chi connectivity index (χ3n) is 6.37. The standard InChI is InChI=1S/C23H39N5O2/c1-4-19(27-17-10-6-5-7-11-17)21(30-3)14-25-22-18(23(29)26-15(2)24)13-16-9-8-12-20(16)28-22/h13,15,17,19,21,27H,4-12,14,24H2,1-3H3,(H,25,28)(H,26,29). The molecule has 168 valence electrons. The van der Waals surface area contributed by atoms with Crippen molar-refractivity contribution in [3.8, 4) is 0 Å². The number of aryl methyl sites for hydroxylation is 2. The van der Waals surface area contributed by atoms with Crippen LogP contribution in [0.15, 0.2) is 6.07 Å². The molecule has 2 aliphatic carbocycles. The fourth-order valence-corrected chi connectivity index (χ4v) is 4.71. The number of pyridine rings is 1. The topological polar surface area (TPSA) is 101 Å². The monoisotopic (exact) mass is 417 g/mol. The summed E-state index contributed by atoms with van der Waals surface area (Å²) in [5, 5.41) is 10.0. The average molecular weight is 418 g/mol. The van der Waals surface area contributed by atoms with Crippen molar-refractivity contribution in [2.45, 2.75) is 96.0 Å². The van der Waals surface area contributed by atoms with Crippen molar-refractivity contribution in [1.82, 2.24) is 15.6 Å². The molecule has 3 rings (SSSR count). The van der Waals surface area contributed by atoms with E-state index in [1.807, 2.05) is 6.07 Å². The Labute approximate surface area is 180 Å². The number of anilines is 1. The van der Waals surface area contributed by atoms with Gasteiger partial charge >= 0.3 is 0 Å². The highest BCUT2D eigenvalue weighted by Crippen LogP contribution is 2.26. The van der Waals surface area contributed by atoms with Crippen LogP contribution in [-0.4, -0.2) is 48.9 Å². The highest BCUT2D eigenvalue weighted by Gasteiger charge is 2.26. The van der Waals surface area contributed by atoms with Crippen LogP contribution in [0.2, 0.25) is 0 Å². The summed E-state index contributed by atoms with van der Waals surface area (Å²) < 4.78 is 5.85. The lowest BCUT2D eigenvalue weighted by Crippen LogP contribution is -2.49. The molecule has 7 heteroatoms. The molecule has 1 fully saturated rings. The first-order valence-electron chi connectivity index (χ1n) is 11.6. The number of hydrogen-bond acceptors (Lipinski definition) is 6. The van der Waals surface area contributed by atoms with Crippen LogP contribution in [0.25, 0.3) is 0 Å². The predicted molar refractivity (Wildman–Crippen MR) is 121 cm³/mol. The van der Waals surface area contributed by atoms with Crippen LogP contribution < -0.4 is 21.7 Å². The normalized spacial score (nSPS) is 19.7. The Kier molecular flexibility index (Phi) is 8.48. The zero-order chi connectivity index (χ0) is 21.5.